The zero-order valence-electron chi connectivity index (χ0n) is 18.5. The van der Waals surface area contributed by atoms with Crippen molar-refractivity contribution in [1.29, 1.82) is 5.26 Å². The molecule has 1 saturated carbocycles. The second-order valence-corrected chi connectivity index (χ2v) is 15.0. The first-order chi connectivity index (χ1) is 13.5. The van der Waals surface area contributed by atoms with Gasteiger partial charge in [0.2, 0.25) is 0 Å². The van der Waals surface area contributed by atoms with E-state index in [0.29, 0.717) is 23.5 Å². The number of aromatic nitrogens is 3. The van der Waals surface area contributed by atoms with Crippen LogP contribution in [0.15, 0.2) is 12.3 Å². The van der Waals surface area contributed by atoms with E-state index < -0.39 is 8.32 Å². The molecule has 1 aliphatic rings. The Morgan fingerprint density at radius 3 is 2.55 bits per heavy atom. The summed E-state index contributed by atoms with van der Waals surface area (Å²) in [7, 11) is -1.94. The molecule has 158 valence electrons. The van der Waals surface area contributed by atoms with Crippen LogP contribution >= 0.6 is 11.6 Å². The summed E-state index contributed by atoms with van der Waals surface area (Å²) in [5, 5.41) is 9.66. The minimum absolute atomic E-state index is 0.0982. The number of nitrogens with zero attached hydrogens (tertiary/aromatic N) is 4. The summed E-state index contributed by atoms with van der Waals surface area (Å²) < 4.78 is 9.05. The van der Waals surface area contributed by atoms with Crippen LogP contribution in [0.1, 0.15) is 77.8 Å². The molecule has 1 fully saturated rings. The molecule has 0 aromatic carbocycles. The molecule has 29 heavy (non-hydrogen) atoms. The molecule has 0 bridgehead atoms. The van der Waals surface area contributed by atoms with Crippen LogP contribution in [0.4, 0.5) is 0 Å². The summed E-state index contributed by atoms with van der Waals surface area (Å²) in [5.74, 6) is 1.48. The maximum Gasteiger partial charge on any atom is 0.193 e. The van der Waals surface area contributed by atoms with Gasteiger partial charge < -0.3 is 8.99 Å². The maximum absolute atomic E-state index is 9.03. The van der Waals surface area contributed by atoms with E-state index in [2.05, 4.69) is 56.4 Å². The third-order valence-electron chi connectivity index (χ3n) is 6.77. The van der Waals surface area contributed by atoms with Gasteiger partial charge in [0.25, 0.3) is 0 Å². The second-order valence-electron chi connectivity index (χ2n) is 9.89. The smallest absolute Gasteiger partial charge is 0.193 e. The van der Waals surface area contributed by atoms with Gasteiger partial charge in [0, 0.05) is 18.5 Å². The molecule has 0 saturated heterocycles. The Labute approximate surface area is 180 Å². The van der Waals surface area contributed by atoms with Crippen LogP contribution in [0.5, 0.6) is 0 Å². The van der Waals surface area contributed by atoms with Crippen LogP contribution in [0.2, 0.25) is 23.3 Å². The van der Waals surface area contributed by atoms with Crippen LogP contribution < -0.4 is 0 Å². The summed E-state index contributed by atoms with van der Waals surface area (Å²) >= 11 is 6.24. The Morgan fingerprint density at radius 1 is 1.31 bits per heavy atom. The Hall–Kier alpha value is -1.42. The molecule has 0 aliphatic heterocycles. The van der Waals surface area contributed by atoms with E-state index in [4.69, 9.17) is 26.3 Å². The molecule has 3 rings (SSSR count). The number of rotatable bonds is 5. The lowest BCUT2D eigenvalue weighted by molar-refractivity contribution is 0.180. The highest BCUT2D eigenvalue weighted by atomic mass is 35.5. The van der Waals surface area contributed by atoms with Crippen molar-refractivity contribution < 1.29 is 4.43 Å². The second kappa shape index (κ2) is 8.37. The van der Waals surface area contributed by atoms with Gasteiger partial charge in [-0.1, -0.05) is 32.4 Å². The highest BCUT2D eigenvalue weighted by Gasteiger charge is 2.40. The summed E-state index contributed by atoms with van der Waals surface area (Å²) in [6.45, 7) is 13.5. The lowest BCUT2D eigenvalue weighted by Gasteiger charge is -2.39. The molecule has 0 N–H and O–H groups in total. The predicted molar refractivity (Wildman–Crippen MR) is 120 cm³/mol. The van der Waals surface area contributed by atoms with Crippen molar-refractivity contribution in [3.63, 3.8) is 0 Å². The number of halogens is 1. The Kier molecular flexibility index (Phi) is 6.43. The van der Waals surface area contributed by atoms with E-state index in [0.717, 1.165) is 42.5 Å². The van der Waals surface area contributed by atoms with Gasteiger partial charge in [-0.05, 0) is 56.7 Å². The molecule has 7 heteroatoms. The molecular weight excluding hydrogens is 400 g/mol. The molecule has 2 aromatic heterocycles. The fourth-order valence-electron chi connectivity index (χ4n) is 4.07. The Balaban J connectivity index is 1.97. The van der Waals surface area contributed by atoms with Gasteiger partial charge in [-0.15, -0.1) is 0 Å². The predicted octanol–water partition coefficient (Wildman–Crippen LogP) is 6.81. The summed E-state index contributed by atoms with van der Waals surface area (Å²) in [6.07, 6.45) is 6.58. The van der Waals surface area contributed by atoms with E-state index >= 15 is 0 Å². The SMILES string of the molecule is C[C@@H](O[Si](C)(C)C(C)(C)C)c1nc2cnc(Cl)cc2n1C1CCC(CC#N)CC1. The van der Waals surface area contributed by atoms with E-state index in [1.807, 2.05) is 6.07 Å². The molecule has 1 aliphatic carbocycles. The summed E-state index contributed by atoms with van der Waals surface area (Å²) in [4.78, 5) is 9.18. The number of hydrogen-bond donors (Lipinski definition) is 0. The van der Waals surface area contributed by atoms with Crippen LogP contribution in [-0.2, 0) is 4.43 Å². The topological polar surface area (TPSA) is 63.7 Å². The number of nitriles is 1. The van der Waals surface area contributed by atoms with Crippen molar-refractivity contribution in [2.24, 2.45) is 5.92 Å². The molecule has 2 aromatic rings. The Bertz CT molecular complexity index is 904. The van der Waals surface area contributed by atoms with Gasteiger partial charge in [0.05, 0.1) is 17.8 Å². The normalized spacial score (nSPS) is 21.9. The Morgan fingerprint density at radius 2 is 1.97 bits per heavy atom. The minimum atomic E-state index is -1.94. The largest absolute Gasteiger partial charge is 0.407 e. The number of fused-ring (bicyclic) bond motifs is 1. The highest BCUT2D eigenvalue weighted by molar-refractivity contribution is 6.74. The molecule has 0 radical (unpaired) electrons. The third-order valence-corrected chi connectivity index (χ3v) is 11.5. The van der Waals surface area contributed by atoms with Crippen LogP contribution in [-0.4, -0.2) is 22.9 Å². The van der Waals surface area contributed by atoms with Gasteiger partial charge >= 0.3 is 0 Å². The van der Waals surface area contributed by atoms with Crippen molar-refractivity contribution in [2.75, 3.05) is 0 Å². The molecule has 1 atom stereocenters. The first kappa shape index (κ1) is 22.3. The first-order valence-corrected chi connectivity index (χ1v) is 13.9. The van der Waals surface area contributed by atoms with E-state index in [1.54, 1.807) is 6.20 Å². The van der Waals surface area contributed by atoms with Gasteiger partial charge in [-0.25, -0.2) is 9.97 Å². The molecule has 0 amide bonds. The van der Waals surface area contributed by atoms with E-state index in [9.17, 15) is 0 Å². The maximum atomic E-state index is 9.03. The van der Waals surface area contributed by atoms with Crippen LogP contribution in [0, 0.1) is 17.2 Å². The van der Waals surface area contributed by atoms with Crippen molar-refractivity contribution >= 4 is 31.0 Å². The third kappa shape index (κ3) is 4.68. The monoisotopic (exact) mass is 432 g/mol. The molecule has 0 unspecified atom stereocenters. The molecule has 0 spiro atoms. The first-order valence-electron chi connectivity index (χ1n) is 10.6. The molecule has 5 nitrogen and oxygen atoms in total. The standard InChI is InChI=1S/C22H33ClN4OSi/c1-15(28-29(5,6)22(2,3)4)21-26-18-14-25-20(23)13-19(18)27(21)17-9-7-16(8-10-17)11-12-24/h13-17H,7-11H2,1-6H3/t15-,16?,17?/m1/s1. The van der Waals surface area contributed by atoms with Gasteiger partial charge in [-0.3, -0.25) is 0 Å². The van der Waals surface area contributed by atoms with Gasteiger partial charge in [0.1, 0.15) is 22.6 Å². The fourth-order valence-corrected chi connectivity index (χ4v) is 5.57. The van der Waals surface area contributed by atoms with E-state index in [-0.39, 0.29) is 11.1 Å². The quantitative estimate of drug-likeness (QED) is 0.384. The zero-order chi connectivity index (χ0) is 21.4. The van der Waals surface area contributed by atoms with Crippen molar-refractivity contribution in [3.05, 3.63) is 23.2 Å². The number of hydrogen-bond acceptors (Lipinski definition) is 4. The minimum Gasteiger partial charge on any atom is -0.407 e. The number of imidazole rings is 1. The highest BCUT2D eigenvalue weighted by Crippen LogP contribution is 2.42. The average Bonchev–Trinajstić information content (AvgIpc) is 3.00. The molecular formula is C22H33ClN4OSi. The summed E-state index contributed by atoms with van der Waals surface area (Å²) in [5.41, 5.74) is 1.91. The number of pyridine rings is 1. The zero-order valence-corrected chi connectivity index (χ0v) is 20.3. The van der Waals surface area contributed by atoms with Crippen LogP contribution in [0.25, 0.3) is 11.0 Å². The van der Waals surface area contributed by atoms with Crippen molar-refractivity contribution in [3.8, 4) is 6.07 Å². The van der Waals surface area contributed by atoms with Gasteiger partial charge in [-0.2, -0.15) is 5.26 Å². The average molecular weight is 433 g/mol. The molecule has 2 heterocycles. The van der Waals surface area contributed by atoms with Crippen LogP contribution in [0.3, 0.4) is 0 Å². The van der Waals surface area contributed by atoms with Crippen molar-refractivity contribution in [1.82, 2.24) is 14.5 Å². The fraction of sp³-hybridized carbons (Fsp3) is 0.682. The lowest BCUT2D eigenvalue weighted by Crippen LogP contribution is -2.41. The summed E-state index contributed by atoms with van der Waals surface area (Å²) in [6, 6.07) is 4.61. The van der Waals surface area contributed by atoms with E-state index in [1.165, 1.54) is 0 Å². The lowest BCUT2D eigenvalue weighted by atomic mass is 9.84. The van der Waals surface area contributed by atoms with Crippen molar-refractivity contribution in [2.45, 2.75) is 90.1 Å². The van der Waals surface area contributed by atoms with Gasteiger partial charge in [0.15, 0.2) is 8.32 Å².